The highest BCUT2D eigenvalue weighted by atomic mass is 32.1. The molecule has 0 saturated carbocycles. The zero-order chi connectivity index (χ0) is 11.4. The summed E-state index contributed by atoms with van der Waals surface area (Å²) in [6.07, 6.45) is 7.12. The molecule has 2 heterocycles. The van der Waals surface area contributed by atoms with E-state index in [0.29, 0.717) is 6.04 Å². The summed E-state index contributed by atoms with van der Waals surface area (Å²) >= 11 is 1.89. The number of hydrogen-bond donors (Lipinski definition) is 1. The minimum atomic E-state index is 0.571. The number of thiazole rings is 1. The van der Waals surface area contributed by atoms with Crippen molar-refractivity contribution in [1.82, 2.24) is 15.2 Å². The zero-order valence-electron chi connectivity index (χ0n) is 10.2. The Morgan fingerprint density at radius 2 is 2.44 bits per heavy atom. The second-order valence-electron chi connectivity index (χ2n) is 4.51. The first-order chi connectivity index (χ1) is 7.81. The molecule has 1 N–H and O–H groups in total. The van der Waals surface area contributed by atoms with Crippen LogP contribution in [0.4, 0.5) is 0 Å². The first-order valence-corrected chi connectivity index (χ1v) is 6.92. The zero-order valence-corrected chi connectivity index (χ0v) is 11.0. The van der Waals surface area contributed by atoms with Crippen molar-refractivity contribution in [3.8, 4) is 0 Å². The van der Waals surface area contributed by atoms with Crippen molar-refractivity contribution in [2.24, 2.45) is 0 Å². The summed E-state index contributed by atoms with van der Waals surface area (Å²) in [5.74, 6) is 0. The van der Waals surface area contributed by atoms with Crippen LogP contribution in [-0.2, 0) is 6.42 Å². The van der Waals surface area contributed by atoms with E-state index in [1.807, 2.05) is 18.4 Å². The second kappa shape index (κ2) is 5.75. The molecule has 0 aliphatic carbocycles. The van der Waals surface area contributed by atoms with Crippen LogP contribution < -0.4 is 5.32 Å². The van der Waals surface area contributed by atoms with Gasteiger partial charge in [-0.2, -0.15) is 0 Å². The summed E-state index contributed by atoms with van der Waals surface area (Å²) in [6.45, 7) is 2.26. The number of hydrogen-bond acceptors (Lipinski definition) is 4. The van der Waals surface area contributed by atoms with E-state index >= 15 is 0 Å². The Bertz CT molecular complexity index is 324. The van der Waals surface area contributed by atoms with Gasteiger partial charge in [0.15, 0.2) is 0 Å². The Labute approximate surface area is 102 Å². The lowest BCUT2D eigenvalue weighted by atomic mass is 10.0. The molecule has 1 fully saturated rings. The van der Waals surface area contributed by atoms with E-state index in [1.54, 1.807) is 0 Å². The predicted molar refractivity (Wildman–Crippen MR) is 69.0 cm³/mol. The highest BCUT2D eigenvalue weighted by molar-refractivity contribution is 7.11. The van der Waals surface area contributed by atoms with Crippen LogP contribution in [-0.4, -0.2) is 37.1 Å². The van der Waals surface area contributed by atoms with Crippen molar-refractivity contribution >= 4 is 11.3 Å². The fraction of sp³-hybridized carbons (Fsp3) is 0.750. The van der Waals surface area contributed by atoms with Gasteiger partial charge in [0.2, 0.25) is 0 Å². The van der Waals surface area contributed by atoms with Crippen LogP contribution in [0.1, 0.15) is 35.2 Å². The first kappa shape index (κ1) is 12.0. The third-order valence-electron chi connectivity index (χ3n) is 3.25. The molecule has 3 nitrogen and oxygen atoms in total. The van der Waals surface area contributed by atoms with Crippen molar-refractivity contribution in [2.45, 2.75) is 31.7 Å². The number of piperidine rings is 1. The molecule has 1 aliphatic rings. The number of likely N-dealkylation sites (N-methyl/N-ethyl adjacent to an activating group) is 1. The summed E-state index contributed by atoms with van der Waals surface area (Å²) < 4.78 is 0. The molecular weight excluding hydrogens is 218 g/mol. The Morgan fingerprint density at radius 3 is 3.19 bits per heavy atom. The van der Waals surface area contributed by atoms with Crippen molar-refractivity contribution in [2.75, 3.05) is 27.2 Å². The third-order valence-corrected chi connectivity index (χ3v) is 4.41. The summed E-state index contributed by atoms with van der Waals surface area (Å²) in [6, 6.07) is 0.571. The Balaban J connectivity index is 1.99. The molecule has 90 valence electrons. The highest BCUT2D eigenvalue weighted by Gasteiger charge is 2.23. The standard InChI is InChI=1S/C12H21N3S/c1-13-7-6-10-9-14-12(16-10)11-5-3-4-8-15(11)2/h9,11,13H,3-8H2,1-2H3. The minimum Gasteiger partial charge on any atom is -0.319 e. The molecule has 1 saturated heterocycles. The van der Waals surface area contributed by atoms with Crippen LogP contribution in [0.25, 0.3) is 0 Å². The Morgan fingerprint density at radius 1 is 1.56 bits per heavy atom. The number of nitrogens with zero attached hydrogens (tertiary/aromatic N) is 2. The highest BCUT2D eigenvalue weighted by Crippen LogP contribution is 2.32. The normalized spacial score (nSPS) is 22.5. The fourth-order valence-corrected chi connectivity index (χ4v) is 3.35. The second-order valence-corrected chi connectivity index (χ2v) is 5.66. The molecule has 16 heavy (non-hydrogen) atoms. The van der Waals surface area contributed by atoms with Crippen LogP contribution in [0.2, 0.25) is 0 Å². The summed E-state index contributed by atoms with van der Waals surface area (Å²) in [5.41, 5.74) is 0. The summed E-state index contributed by atoms with van der Waals surface area (Å²) in [4.78, 5) is 8.45. The molecule has 1 unspecified atom stereocenters. The van der Waals surface area contributed by atoms with Gasteiger partial charge in [0.25, 0.3) is 0 Å². The maximum Gasteiger partial charge on any atom is 0.110 e. The van der Waals surface area contributed by atoms with Crippen molar-refractivity contribution in [1.29, 1.82) is 0 Å². The van der Waals surface area contributed by atoms with Gasteiger partial charge in [0, 0.05) is 11.1 Å². The van der Waals surface area contributed by atoms with Crippen LogP contribution >= 0.6 is 11.3 Å². The van der Waals surface area contributed by atoms with Gasteiger partial charge in [-0.05, 0) is 46.4 Å². The van der Waals surface area contributed by atoms with Gasteiger partial charge in [0.05, 0.1) is 6.04 Å². The van der Waals surface area contributed by atoms with E-state index in [0.717, 1.165) is 13.0 Å². The van der Waals surface area contributed by atoms with Crippen molar-refractivity contribution in [3.05, 3.63) is 16.1 Å². The van der Waals surface area contributed by atoms with Gasteiger partial charge in [0.1, 0.15) is 5.01 Å². The van der Waals surface area contributed by atoms with Gasteiger partial charge >= 0.3 is 0 Å². The summed E-state index contributed by atoms with van der Waals surface area (Å²) in [5, 5.41) is 4.50. The van der Waals surface area contributed by atoms with E-state index in [1.165, 1.54) is 35.7 Å². The molecule has 4 heteroatoms. The molecule has 0 amide bonds. The lowest BCUT2D eigenvalue weighted by Gasteiger charge is -2.30. The number of aromatic nitrogens is 1. The van der Waals surface area contributed by atoms with Crippen LogP contribution in [0.3, 0.4) is 0 Å². The average molecular weight is 239 g/mol. The molecule has 0 spiro atoms. The minimum absolute atomic E-state index is 0.571. The van der Waals surface area contributed by atoms with E-state index in [4.69, 9.17) is 0 Å². The first-order valence-electron chi connectivity index (χ1n) is 6.10. The molecule has 1 atom stereocenters. The van der Waals surface area contributed by atoms with Gasteiger partial charge in [-0.15, -0.1) is 11.3 Å². The number of nitrogens with one attached hydrogen (secondary N) is 1. The van der Waals surface area contributed by atoms with E-state index in [-0.39, 0.29) is 0 Å². The summed E-state index contributed by atoms with van der Waals surface area (Å²) in [7, 11) is 4.22. The van der Waals surface area contributed by atoms with E-state index in [9.17, 15) is 0 Å². The molecular formula is C12H21N3S. The third kappa shape index (κ3) is 2.81. The molecule has 1 aliphatic heterocycles. The Kier molecular flexibility index (Phi) is 4.32. The quantitative estimate of drug-likeness (QED) is 0.872. The maximum absolute atomic E-state index is 4.59. The van der Waals surface area contributed by atoms with Gasteiger partial charge in [-0.3, -0.25) is 4.90 Å². The lowest BCUT2D eigenvalue weighted by molar-refractivity contribution is 0.187. The van der Waals surface area contributed by atoms with Crippen molar-refractivity contribution < 1.29 is 0 Å². The molecule has 0 bridgehead atoms. The molecule has 1 aromatic rings. The topological polar surface area (TPSA) is 28.2 Å². The smallest absolute Gasteiger partial charge is 0.110 e. The average Bonchev–Trinajstić information content (AvgIpc) is 2.75. The van der Waals surface area contributed by atoms with Gasteiger partial charge in [-0.1, -0.05) is 6.42 Å². The van der Waals surface area contributed by atoms with Crippen molar-refractivity contribution in [3.63, 3.8) is 0 Å². The predicted octanol–water partition coefficient (Wildman–Crippen LogP) is 2.06. The maximum atomic E-state index is 4.59. The van der Waals surface area contributed by atoms with Crippen LogP contribution in [0.5, 0.6) is 0 Å². The SMILES string of the molecule is CNCCc1cnc(C2CCCCN2C)s1. The Hall–Kier alpha value is -0.450. The van der Waals surface area contributed by atoms with Gasteiger partial charge < -0.3 is 5.32 Å². The fourth-order valence-electron chi connectivity index (χ4n) is 2.23. The number of rotatable bonds is 4. The molecule has 0 aromatic carbocycles. The number of likely N-dealkylation sites (tertiary alicyclic amines) is 1. The monoisotopic (exact) mass is 239 g/mol. The van der Waals surface area contributed by atoms with Crippen LogP contribution in [0, 0.1) is 0 Å². The largest absolute Gasteiger partial charge is 0.319 e. The van der Waals surface area contributed by atoms with Crippen LogP contribution in [0.15, 0.2) is 6.20 Å². The van der Waals surface area contributed by atoms with Gasteiger partial charge in [-0.25, -0.2) is 4.98 Å². The molecule has 1 aromatic heterocycles. The molecule has 0 radical (unpaired) electrons. The molecule has 2 rings (SSSR count). The lowest BCUT2D eigenvalue weighted by Crippen LogP contribution is -2.29. The van der Waals surface area contributed by atoms with E-state index < -0.39 is 0 Å². The van der Waals surface area contributed by atoms with E-state index in [2.05, 4.69) is 28.4 Å².